The highest BCUT2D eigenvalue weighted by Gasteiger charge is 2.20. The van der Waals surface area contributed by atoms with Gasteiger partial charge >= 0.3 is 0 Å². The minimum absolute atomic E-state index is 0.224. The summed E-state index contributed by atoms with van der Waals surface area (Å²) in [6.07, 6.45) is 2.87. The highest BCUT2D eigenvalue weighted by Crippen LogP contribution is 2.08. The van der Waals surface area contributed by atoms with Gasteiger partial charge in [-0.3, -0.25) is 0 Å². The van der Waals surface area contributed by atoms with Gasteiger partial charge < -0.3 is 5.32 Å². The summed E-state index contributed by atoms with van der Waals surface area (Å²) < 4.78 is 22.7. The van der Waals surface area contributed by atoms with Gasteiger partial charge in [-0.1, -0.05) is 6.92 Å². The fourth-order valence-electron chi connectivity index (χ4n) is 1.60. The van der Waals surface area contributed by atoms with Crippen molar-refractivity contribution in [3.8, 4) is 0 Å². The summed E-state index contributed by atoms with van der Waals surface area (Å²) in [6.45, 7) is 2.88. The second kappa shape index (κ2) is 4.23. The third-order valence-corrected chi connectivity index (χ3v) is 4.07. The molecule has 1 fully saturated rings. The molecule has 0 radical (unpaired) electrons. The van der Waals surface area contributed by atoms with Crippen LogP contribution in [0.25, 0.3) is 0 Å². The molecule has 1 N–H and O–H groups in total. The number of sulfone groups is 1. The van der Waals surface area contributed by atoms with Crippen LogP contribution in [0.15, 0.2) is 0 Å². The summed E-state index contributed by atoms with van der Waals surface area (Å²) in [7, 11) is -2.78. The number of hydrogen-bond acceptors (Lipinski definition) is 3. The summed E-state index contributed by atoms with van der Waals surface area (Å²) in [5.74, 6) is 0.673. The van der Waals surface area contributed by atoms with E-state index < -0.39 is 9.84 Å². The Kier molecular flexibility index (Phi) is 3.53. The lowest BCUT2D eigenvalue weighted by Crippen LogP contribution is -2.30. The van der Waals surface area contributed by atoms with Crippen LogP contribution in [-0.4, -0.2) is 32.5 Å². The van der Waals surface area contributed by atoms with E-state index in [4.69, 9.17) is 0 Å². The van der Waals surface area contributed by atoms with E-state index in [2.05, 4.69) is 5.32 Å². The largest absolute Gasteiger partial charge is 0.313 e. The van der Waals surface area contributed by atoms with Crippen molar-refractivity contribution in [2.45, 2.75) is 32.2 Å². The van der Waals surface area contributed by atoms with Crippen molar-refractivity contribution in [1.82, 2.24) is 5.32 Å². The van der Waals surface area contributed by atoms with Gasteiger partial charge in [0.15, 0.2) is 9.84 Å². The van der Waals surface area contributed by atoms with Crippen LogP contribution in [0.5, 0.6) is 0 Å². The van der Waals surface area contributed by atoms with Gasteiger partial charge in [0.2, 0.25) is 0 Å². The average Bonchev–Trinajstić information content (AvgIpc) is 2.38. The van der Waals surface area contributed by atoms with Crippen molar-refractivity contribution in [3.05, 3.63) is 0 Å². The van der Waals surface area contributed by atoms with Crippen molar-refractivity contribution in [1.29, 1.82) is 0 Å². The molecule has 1 heterocycles. The second-order valence-corrected chi connectivity index (χ2v) is 5.64. The van der Waals surface area contributed by atoms with E-state index in [-0.39, 0.29) is 6.04 Å². The zero-order chi connectivity index (χ0) is 9.03. The number of rotatable bonds is 4. The van der Waals surface area contributed by atoms with Gasteiger partial charge in [0.05, 0.1) is 5.75 Å². The SMILES string of the molecule is CCCS(=O)(=O)CC1CCCN1. The molecule has 1 unspecified atom stereocenters. The summed E-state index contributed by atoms with van der Waals surface area (Å²) in [5.41, 5.74) is 0. The Morgan fingerprint density at radius 2 is 2.25 bits per heavy atom. The Bertz CT molecular complexity index is 217. The van der Waals surface area contributed by atoms with Crippen LogP contribution in [0.2, 0.25) is 0 Å². The number of nitrogens with one attached hydrogen (secondary N) is 1. The maximum atomic E-state index is 11.3. The quantitative estimate of drug-likeness (QED) is 0.706. The van der Waals surface area contributed by atoms with Crippen molar-refractivity contribution < 1.29 is 8.42 Å². The predicted octanol–water partition coefficient (Wildman–Crippen LogP) is 0.563. The molecule has 1 atom stereocenters. The van der Waals surface area contributed by atoms with E-state index in [0.29, 0.717) is 11.5 Å². The summed E-state index contributed by atoms with van der Waals surface area (Å²) in [5, 5.41) is 3.19. The Hall–Kier alpha value is -0.0900. The van der Waals surface area contributed by atoms with E-state index in [0.717, 1.165) is 25.8 Å². The van der Waals surface area contributed by atoms with Crippen LogP contribution >= 0.6 is 0 Å². The van der Waals surface area contributed by atoms with Gasteiger partial charge in [0.25, 0.3) is 0 Å². The lowest BCUT2D eigenvalue weighted by atomic mass is 10.3. The third kappa shape index (κ3) is 3.11. The molecular weight excluding hydrogens is 174 g/mol. The molecule has 0 aliphatic carbocycles. The van der Waals surface area contributed by atoms with Crippen LogP contribution in [-0.2, 0) is 9.84 Å². The van der Waals surface area contributed by atoms with Crippen molar-refractivity contribution in [2.24, 2.45) is 0 Å². The molecule has 72 valence electrons. The van der Waals surface area contributed by atoms with Crippen molar-refractivity contribution >= 4 is 9.84 Å². The molecule has 0 aromatic carbocycles. The lowest BCUT2D eigenvalue weighted by molar-refractivity contribution is 0.576. The van der Waals surface area contributed by atoms with E-state index in [1.165, 1.54) is 0 Å². The summed E-state index contributed by atoms with van der Waals surface area (Å²) >= 11 is 0. The molecule has 0 aromatic rings. The maximum Gasteiger partial charge on any atom is 0.151 e. The standard InChI is InChI=1S/C8H17NO2S/c1-2-6-12(10,11)7-8-4-3-5-9-8/h8-9H,2-7H2,1H3. The fourth-order valence-corrected chi connectivity index (χ4v) is 3.29. The highest BCUT2D eigenvalue weighted by atomic mass is 32.2. The highest BCUT2D eigenvalue weighted by molar-refractivity contribution is 7.91. The Labute approximate surface area is 74.5 Å². The van der Waals surface area contributed by atoms with Crippen LogP contribution in [0.3, 0.4) is 0 Å². The Morgan fingerprint density at radius 3 is 2.75 bits per heavy atom. The minimum atomic E-state index is -2.78. The van der Waals surface area contributed by atoms with E-state index in [9.17, 15) is 8.42 Å². The molecular formula is C8H17NO2S. The fraction of sp³-hybridized carbons (Fsp3) is 1.00. The third-order valence-electron chi connectivity index (χ3n) is 2.13. The van der Waals surface area contributed by atoms with Gasteiger partial charge in [0, 0.05) is 11.8 Å². The van der Waals surface area contributed by atoms with Crippen LogP contribution in [0.4, 0.5) is 0 Å². The molecule has 1 aliphatic heterocycles. The molecule has 1 saturated heterocycles. The van der Waals surface area contributed by atoms with Gasteiger partial charge in [-0.2, -0.15) is 0 Å². The van der Waals surface area contributed by atoms with Crippen molar-refractivity contribution in [2.75, 3.05) is 18.1 Å². The van der Waals surface area contributed by atoms with E-state index in [1.54, 1.807) is 0 Å². The van der Waals surface area contributed by atoms with E-state index >= 15 is 0 Å². The second-order valence-electron chi connectivity index (χ2n) is 3.41. The molecule has 0 saturated carbocycles. The minimum Gasteiger partial charge on any atom is -0.313 e. The van der Waals surface area contributed by atoms with Crippen LogP contribution < -0.4 is 5.32 Å². The summed E-state index contributed by atoms with van der Waals surface area (Å²) in [4.78, 5) is 0. The van der Waals surface area contributed by atoms with Gasteiger partial charge in [0.1, 0.15) is 0 Å². The van der Waals surface area contributed by atoms with Gasteiger partial charge in [-0.15, -0.1) is 0 Å². The Morgan fingerprint density at radius 1 is 1.50 bits per heavy atom. The molecule has 4 heteroatoms. The topological polar surface area (TPSA) is 46.2 Å². The zero-order valence-electron chi connectivity index (χ0n) is 7.54. The van der Waals surface area contributed by atoms with Crippen molar-refractivity contribution in [3.63, 3.8) is 0 Å². The molecule has 0 aromatic heterocycles. The molecule has 12 heavy (non-hydrogen) atoms. The first-order chi connectivity index (χ1) is 5.64. The monoisotopic (exact) mass is 191 g/mol. The molecule has 1 rings (SSSR count). The van der Waals surface area contributed by atoms with Crippen LogP contribution in [0.1, 0.15) is 26.2 Å². The predicted molar refractivity (Wildman–Crippen MR) is 50.0 cm³/mol. The Balaban J connectivity index is 2.38. The maximum absolute atomic E-state index is 11.3. The molecule has 3 nitrogen and oxygen atoms in total. The number of hydrogen-bond donors (Lipinski definition) is 1. The smallest absolute Gasteiger partial charge is 0.151 e. The molecule has 0 bridgehead atoms. The first-order valence-corrected chi connectivity index (χ1v) is 6.40. The normalized spacial score (nSPS) is 24.6. The van der Waals surface area contributed by atoms with Gasteiger partial charge in [-0.25, -0.2) is 8.42 Å². The molecule has 1 aliphatic rings. The molecule has 0 spiro atoms. The average molecular weight is 191 g/mol. The van der Waals surface area contributed by atoms with Gasteiger partial charge in [-0.05, 0) is 25.8 Å². The summed E-state index contributed by atoms with van der Waals surface area (Å²) in [6, 6.07) is 0.224. The van der Waals surface area contributed by atoms with E-state index in [1.807, 2.05) is 6.92 Å². The first kappa shape index (κ1) is 9.99. The zero-order valence-corrected chi connectivity index (χ0v) is 8.36. The first-order valence-electron chi connectivity index (χ1n) is 4.58. The van der Waals surface area contributed by atoms with Crippen LogP contribution in [0, 0.1) is 0 Å². The molecule has 0 amide bonds. The lowest BCUT2D eigenvalue weighted by Gasteiger charge is -2.09.